The smallest absolute Gasteiger partial charge is 0.279 e. The van der Waals surface area contributed by atoms with Gasteiger partial charge in [0.1, 0.15) is 34.7 Å². The molecule has 12 heteroatoms. The lowest BCUT2D eigenvalue weighted by molar-refractivity contribution is 0.0364. The first kappa shape index (κ1) is 21.4. The van der Waals surface area contributed by atoms with Crippen LogP contribution in [0.15, 0.2) is 29.2 Å². The molecule has 1 aromatic carbocycles. The second-order valence-electron chi connectivity index (χ2n) is 7.84. The number of aryl methyl sites for hydroxylation is 2. The van der Waals surface area contributed by atoms with Crippen molar-refractivity contribution in [2.24, 2.45) is 14.1 Å². The molecule has 1 fully saturated rings. The number of fused-ring (bicyclic) bond motifs is 1. The van der Waals surface area contributed by atoms with Crippen molar-refractivity contribution in [3.05, 3.63) is 57.1 Å². The molecule has 1 atom stereocenters. The summed E-state index contributed by atoms with van der Waals surface area (Å²) in [5.74, 6) is 0.188. The van der Waals surface area contributed by atoms with Crippen LogP contribution in [0.25, 0.3) is 22.3 Å². The van der Waals surface area contributed by atoms with Crippen LogP contribution >= 0.6 is 11.6 Å². The van der Waals surface area contributed by atoms with E-state index in [0.717, 1.165) is 0 Å². The summed E-state index contributed by atoms with van der Waals surface area (Å²) in [5.41, 5.74) is 1.11. The fourth-order valence-corrected chi connectivity index (χ4v) is 3.93. The molecule has 10 nitrogen and oxygen atoms in total. The topological polar surface area (TPSA) is 104 Å². The Balaban J connectivity index is 1.67. The van der Waals surface area contributed by atoms with Gasteiger partial charge in [0.05, 0.1) is 19.3 Å². The van der Waals surface area contributed by atoms with Crippen LogP contribution in [0.2, 0.25) is 5.02 Å². The van der Waals surface area contributed by atoms with Gasteiger partial charge < -0.3 is 9.64 Å². The first-order valence-electron chi connectivity index (χ1n) is 10.3. The van der Waals surface area contributed by atoms with Gasteiger partial charge in [0.2, 0.25) is 5.95 Å². The first-order chi connectivity index (χ1) is 15.8. The van der Waals surface area contributed by atoms with Crippen molar-refractivity contribution in [2.75, 3.05) is 24.6 Å². The fraction of sp³-hybridized carbons (Fsp3) is 0.333. The number of hydrogen-bond donors (Lipinski definition) is 0. The van der Waals surface area contributed by atoms with Crippen molar-refractivity contribution in [3.8, 4) is 11.3 Å². The summed E-state index contributed by atoms with van der Waals surface area (Å²) < 4.78 is 23.8. The number of hydrogen-bond acceptors (Lipinski definition) is 8. The molecule has 0 bridgehead atoms. The maximum atomic E-state index is 14.9. The molecule has 0 amide bonds. The monoisotopic (exact) mass is 470 g/mol. The molecular weight excluding hydrogens is 451 g/mol. The average Bonchev–Trinajstić information content (AvgIpc) is 3.24. The molecule has 0 N–H and O–H groups in total. The highest BCUT2D eigenvalue weighted by Gasteiger charge is 2.28. The van der Waals surface area contributed by atoms with Crippen LogP contribution in [0, 0.1) is 12.7 Å². The Morgan fingerprint density at radius 1 is 1.18 bits per heavy atom. The molecule has 4 heterocycles. The quantitative estimate of drug-likeness (QED) is 0.449. The van der Waals surface area contributed by atoms with E-state index in [1.54, 1.807) is 38.0 Å². The highest BCUT2D eigenvalue weighted by Crippen LogP contribution is 2.31. The van der Waals surface area contributed by atoms with Gasteiger partial charge in [-0.3, -0.25) is 14.0 Å². The van der Waals surface area contributed by atoms with E-state index in [-0.39, 0.29) is 44.9 Å². The molecule has 0 saturated carbocycles. The number of morpholine rings is 1. The molecule has 0 spiro atoms. The third kappa shape index (κ3) is 3.83. The second-order valence-corrected chi connectivity index (χ2v) is 8.28. The van der Waals surface area contributed by atoms with Crippen LogP contribution in [0.5, 0.6) is 0 Å². The Labute approximate surface area is 192 Å². The van der Waals surface area contributed by atoms with Gasteiger partial charge in [-0.1, -0.05) is 16.8 Å². The number of anilines is 1. The zero-order chi connectivity index (χ0) is 23.3. The number of benzene rings is 1. The standard InChI is InChI=1S/C21H20ClFN8O2/c1-11-24-18-17(13-5-4-12(22)8-14(13)23)25-21(26-19(18)20(32)30(11)3)31-6-7-33-16(10-31)15-9-29(2)28-27-15/h4-5,8-9,16H,6-7,10H2,1-3H3. The summed E-state index contributed by atoms with van der Waals surface area (Å²) >= 11 is 5.95. The van der Waals surface area contributed by atoms with Crippen molar-refractivity contribution >= 4 is 28.6 Å². The van der Waals surface area contributed by atoms with Crippen LogP contribution in [-0.4, -0.2) is 54.2 Å². The molecule has 5 rings (SSSR count). The Bertz CT molecular complexity index is 1440. The zero-order valence-electron chi connectivity index (χ0n) is 18.2. The molecule has 4 aromatic rings. The fourth-order valence-electron chi connectivity index (χ4n) is 3.77. The number of nitrogens with zero attached hydrogens (tertiary/aromatic N) is 8. The molecule has 170 valence electrons. The second kappa shape index (κ2) is 8.16. The molecule has 1 aliphatic heterocycles. The van der Waals surface area contributed by atoms with Crippen LogP contribution in [-0.2, 0) is 18.8 Å². The van der Waals surface area contributed by atoms with Crippen LogP contribution in [0.4, 0.5) is 10.3 Å². The number of ether oxygens (including phenoxy) is 1. The largest absolute Gasteiger partial charge is 0.368 e. The number of halogens is 2. The predicted octanol–water partition coefficient (Wildman–Crippen LogP) is 2.20. The Hall–Kier alpha value is -3.44. The molecule has 1 unspecified atom stereocenters. The van der Waals surface area contributed by atoms with Gasteiger partial charge in [-0.15, -0.1) is 5.10 Å². The van der Waals surface area contributed by atoms with Crippen molar-refractivity contribution in [1.82, 2.24) is 34.5 Å². The minimum absolute atomic E-state index is 0.111. The van der Waals surface area contributed by atoms with E-state index in [2.05, 4.69) is 25.3 Å². The van der Waals surface area contributed by atoms with Gasteiger partial charge in [-0.05, 0) is 25.1 Å². The van der Waals surface area contributed by atoms with E-state index in [9.17, 15) is 9.18 Å². The van der Waals surface area contributed by atoms with Gasteiger partial charge in [0.15, 0.2) is 5.52 Å². The summed E-state index contributed by atoms with van der Waals surface area (Å²) in [4.78, 5) is 28.6. The third-order valence-corrected chi connectivity index (χ3v) is 5.86. The van der Waals surface area contributed by atoms with Crippen LogP contribution in [0.3, 0.4) is 0 Å². The maximum Gasteiger partial charge on any atom is 0.279 e. The van der Waals surface area contributed by atoms with Crippen molar-refractivity contribution in [3.63, 3.8) is 0 Å². The lowest BCUT2D eigenvalue weighted by Crippen LogP contribution is -2.40. The van der Waals surface area contributed by atoms with E-state index in [1.807, 2.05) is 4.90 Å². The molecule has 1 saturated heterocycles. The minimum atomic E-state index is -0.562. The first-order valence-corrected chi connectivity index (χ1v) is 10.6. The van der Waals surface area contributed by atoms with E-state index < -0.39 is 5.82 Å². The maximum absolute atomic E-state index is 14.9. The van der Waals surface area contributed by atoms with Crippen molar-refractivity contribution < 1.29 is 9.13 Å². The highest BCUT2D eigenvalue weighted by molar-refractivity contribution is 6.30. The molecule has 0 aliphatic carbocycles. The molecule has 0 radical (unpaired) electrons. The van der Waals surface area contributed by atoms with Gasteiger partial charge in [-0.25, -0.2) is 19.3 Å². The van der Waals surface area contributed by atoms with E-state index in [1.165, 1.54) is 16.7 Å². The summed E-state index contributed by atoms with van der Waals surface area (Å²) in [6.45, 7) is 2.98. The van der Waals surface area contributed by atoms with E-state index in [4.69, 9.17) is 16.3 Å². The molecule has 3 aromatic heterocycles. The van der Waals surface area contributed by atoms with Gasteiger partial charge >= 0.3 is 0 Å². The molecular formula is C21H20ClFN8O2. The predicted molar refractivity (Wildman–Crippen MR) is 120 cm³/mol. The zero-order valence-corrected chi connectivity index (χ0v) is 18.9. The number of aromatic nitrogens is 7. The van der Waals surface area contributed by atoms with Crippen molar-refractivity contribution in [1.29, 1.82) is 0 Å². The SMILES string of the molecule is Cc1nc2c(-c3ccc(Cl)cc3F)nc(N3CCOC(c4cn(C)nn4)C3)nc2c(=O)n1C. The van der Waals surface area contributed by atoms with Gasteiger partial charge in [0, 0.05) is 31.2 Å². The third-order valence-electron chi connectivity index (χ3n) is 5.62. The summed E-state index contributed by atoms with van der Waals surface area (Å²) in [6.07, 6.45) is 1.44. The molecule has 33 heavy (non-hydrogen) atoms. The van der Waals surface area contributed by atoms with E-state index >= 15 is 0 Å². The Kier molecular flexibility index (Phi) is 5.29. The summed E-state index contributed by atoms with van der Waals surface area (Å²) in [6, 6.07) is 4.30. The van der Waals surface area contributed by atoms with Crippen LogP contribution in [0.1, 0.15) is 17.6 Å². The Morgan fingerprint density at radius 3 is 2.73 bits per heavy atom. The minimum Gasteiger partial charge on any atom is -0.368 e. The van der Waals surface area contributed by atoms with Gasteiger partial charge in [-0.2, -0.15) is 0 Å². The van der Waals surface area contributed by atoms with Gasteiger partial charge in [0.25, 0.3) is 5.56 Å². The number of rotatable bonds is 3. The highest BCUT2D eigenvalue weighted by atomic mass is 35.5. The molecule has 1 aliphatic rings. The van der Waals surface area contributed by atoms with E-state index in [0.29, 0.717) is 31.2 Å². The van der Waals surface area contributed by atoms with Crippen LogP contribution < -0.4 is 10.5 Å². The lowest BCUT2D eigenvalue weighted by atomic mass is 10.1. The Morgan fingerprint density at radius 2 is 2.00 bits per heavy atom. The normalized spacial score (nSPS) is 16.5. The summed E-state index contributed by atoms with van der Waals surface area (Å²) in [7, 11) is 3.40. The summed E-state index contributed by atoms with van der Waals surface area (Å²) in [5, 5.41) is 8.35. The average molecular weight is 471 g/mol. The lowest BCUT2D eigenvalue weighted by Gasteiger charge is -2.32. The van der Waals surface area contributed by atoms with Crippen molar-refractivity contribution in [2.45, 2.75) is 13.0 Å².